The molecule has 1 aromatic carbocycles. The highest BCUT2D eigenvalue weighted by molar-refractivity contribution is 5.29. The predicted octanol–water partition coefficient (Wildman–Crippen LogP) is 3.77. The molecule has 0 saturated carbocycles. The first-order chi connectivity index (χ1) is 9.78. The Morgan fingerprint density at radius 2 is 1.90 bits per heavy atom. The summed E-state index contributed by atoms with van der Waals surface area (Å²) in [6.45, 7) is 12.6. The van der Waals surface area contributed by atoms with E-state index in [2.05, 4.69) is 19.2 Å². The van der Waals surface area contributed by atoms with Crippen molar-refractivity contribution in [3.8, 4) is 5.75 Å². The van der Waals surface area contributed by atoms with Gasteiger partial charge >= 0.3 is 0 Å². The molecule has 0 atom stereocenters. The molecule has 0 spiro atoms. The van der Waals surface area contributed by atoms with E-state index in [0.717, 1.165) is 12.1 Å². The van der Waals surface area contributed by atoms with E-state index in [1.54, 1.807) is 6.07 Å². The van der Waals surface area contributed by atoms with Gasteiger partial charge in [-0.1, -0.05) is 19.9 Å². The highest BCUT2D eigenvalue weighted by atomic mass is 19.1. The van der Waals surface area contributed by atoms with Gasteiger partial charge in [0.1, 0.15) is 6.61 Å². The summed E-state index contributed by atoms with van der Waals surface area (Å²) in [5, 5.41) is 3.29. The number of ether oxygens (including phenoxy) is 2. The molecule has 0 amide bonds. The van der Waals surface area contributed by atoms with Crippen LogP contribution in [0.3, 0.4) is 0 Å². The van der Waals surface area contributed by atoms with Crippen LogP contribution in [0.15, 0.2) is 18.2 Å². The monoisotopic (exact) mass is 297 g/mol. The Morgan fingerprint density at radius 1 is 1.19 bits per heavy atom. The zero-order valence-electron chi connectivity index (χ0n) is 13.8. The standard InChI is InChI=1S/C17H28FNO2/c1-13(2)11-19-12-14-6-7-16(15(18)10-14)20-8-9-21-17(3,4)5/h6-7,10,13,19H,8-9,11-12H2,1-5H3. The summed E-state index contributed by atoms with van der Waals surface area (Å²) < 4.78 is 24.8. The molecule has 0 fully saturated rings. The topological polar surface area (TPSA) is 30.5 Å². The zero-order valence-corrected chi connectivity index (χ0v) is 13.8. The summed E-state index contributed by atoms with van der Waals surface area (Å²) in [6.07, 6.45) is 0. The van der Waals surface area contributed by atoms with Crippen molar-refractivity contribution >= 4 is 0 Å². The van der Waals surface area contributed by atoms with E-state index >= 15 is 0 Å². The fourth-order valence-electron chi connectivity index (χ4n) is 1.78. The third-order valence-corrected chi connectivity index (χ3v) is 2.75. The molecule has 0 aliphatic carbocycles. The van der Waals surface area contributed by atoms with E-state index in [9.17, 15) is 4.39 Å². The van der Waals surface area contributed by atoms with Crippen LogP contribution in [0.25, 0.3) is 0 Å². The van der Waals surface area contributed by atoms with Gasteiger partial charge in [0.25, 0.3) is 0 Å². The molecule has 0 aromatic heterocycles. The van der Waals surface area contributed by atoms with Crippen molar-refractivity contribution < 1.29 is 13.9 Å². The van der Waals surface area contributed by atoms with E-state index in [1.807, 2.05) is 26.8 Å². The van der Waals surface area contributed by atoms with Crippen molar-refractivity contribution in [3.63, 3.8) is 0 Å². The maximum atomic E-state index is 13.9. The minimum atomic E-state index is -0.324. The second kappa shape index (κ2) is 8.35. The number of hydrogen-bond acceptors (Lipinski definition) is 3. The molecule has 120 valence electrons. The highest BCUT2D eigenvalue weighted by Crippen LogP contribution is 2.18. The largest absolute Gasteiger partial charge is 0.488 e. The van der Waals surface area contributed by atoms with E-state index in [0.29, 0.717) is 25.7 Å². The van der Waals surface area contributed by atoms with Gasteiger partial charge in [-0.15, -0.1) is 0 Å². The van der Waals surface area contributed by atoms with Gasteiger partial charge in [-0.25, -0.2) is 4.39 Å². The first-order valence-corrected chi connectivity index (χ1v) is 7.54. The average molecular weight is 297 g/mol. The van der Waals surface area contributed by atoms with Crippen molar-refractivity contribution in [2.75, 3.05) is 19.8 Å². The molecular weight excluding hydrogens is 269 g/mol. The van der Waals surface area contributed by atoms with Crippen LogP contribution < -0.4 is 10.1 Å². The van der Waals surface area contributed by atoms with Crippen LogP contribution in [0.2, 0.25) is 0 Å². The van der Waals surface area contributed by atoms with Crippen LogP contribution in [0.1, 0.15) is 40.2 Å². The highest BCUT2D eigenvalue weighted by Gasteiger charge is 2.10. The van der Waals surface area contributed by atoms with Gasteiger partial charge in [0.05, 0.1) is 12.2 Å². The molecule has 0 unspecified atom stereocenters. The van der Waals surface area contributed by atoms with Gasteiger partial charge in [-0.3, -0.25) is 0 Å². The Morgan fingerprint density at radius 3 is 2.48 bits per heavy atom. The Bertz CT molecular complexity index is 427. The van der Waals surface area contributed by atoms with E-state index < -0.39 is 0 Å². The number of benzene rings is 1. The molecule has 3 nitrogen and oxygen atoms in total. The summed E-state index contributed by atoms with van der Waals surface area (Å²) in [6, 6.07) is 5.09. The summed E-state index contributed by atoms with van der Waals surface area (Å²) in [4.78, 5) is 0. The lowest BCUT2D eigenvalue weighted by Crippen LogP contribution is -2.22. The third-order valence-electron chi connectivity index (χ3n) is 2.75. The number of rotatable bonds is 8. The molecule has 1 rings (SSSR count). The van der Waals surface area contributed by atoms with Crippen molar-refractivity contribution in [3.05, 3.63) is 29.6 Å². The quantitative estimate of drug-likeness (QED) is 0.741. The zero-order chi connectivity index (χ0) is 15.9. The lowest BCUT2D eigenvalue weighted by molar-refractivity contribution is -0.0166. The lowest BCUT2D eigenvalue weighted by atomic mass is 10.2. The Kier molecular flexibility index (Phi) is 7.12. The molecule has 0 aliphatic rings. The predicted molar refractivity (Wildman–Crippen MR) is 84.1 cm³/mol. The Balaban J connectivity index is 2.39. The summed E-state index contributed by atoms with van der Waals surface area (Å²) >= 11 is 0. The van der Waals surface area contributed by atoms with Crippen molar-refractivity contribution in [2.24, 2.45) is 5.92 Å². The van der Waals surface area contributed by atoms with E-state index in [1.165, 1.54) is 6.07 Å². The molecule has 0 radical (unpaired) electrons. The Hall–Kier alpha value is -1.13. The molecule has 1 N–H and O–H groups in total. The second-order valence-corrected chi connectivity index (χ2v) is 6.60. The molecular formula is C17H28FNO2. The molecule has 0 bridgehead atoms. The van der Waals surface area contributed by atoms with Gasteiger partial charge in [0, 0.05) is 6.54 Å². The van der Waals surface area contributed by atoms with Gasteiger partial charge in [0.15, 0.2) is 11.6 Å². The summed E-state index contributed by atoms with van der Waals surface area (Å²) in [7, 11) is 0. The number of nitrogens with one attached hydrogen (secondary N) is 1. The fourth-order valence-corrected chi connectivity index (χ4v) is 1.78. The fraction of sp³-hybridized carbons (Fsp3) is 0.647. The van der Waals surface area contributed by atoms with Crippen LogP contribution in [0.5, 0.6) is 5.75 Å². The van der Waals surface area contributed by atoms with Gasteiger partial charge < -0.3 is 14.8 Å². The van der Waals surface area contributed by atoms with Crippen molar-refractivity contribution in [1.82, 2.24) is 5.32 Å². The number of hydrogen-bond donors (Lipinski definition) is 1. The van der Waals surface area contributed by atoms with Gasteiger partial charge in [-0.05, 0) is 50.9 Å². The summed E-state index contributed by atoms with van der Waals surface area (Å²) in [5.74, 6) is 0.537. The third kappa shape index (κ3) is 8.02. The number of halogens is 1. The first kappa shape index (κ1) is 17.9. The molecule has 4 heteroatoms. The SMILES string of the molecule is CC(C)CNCc1ccc(OCCOC(C)(C)C)c(F)c1. The minimum absolute atomic E-state index is 0.201. The lowest BCUT2D eigenvalue weighted by Gasteiger charge is -2.19. The van der Waals surface area contributed by atoms with Crippen LogP contribution >= 0.6 is 0 Å². The molecule has 0 saturated heterocycles. The van der Waals surface area contributed by atoms with Crippen LogP contribution in [0.4, 0.5) is 4.39 Å². The van der Waals surface area contributed by atoms with Crippen molar-refractivity contribution in [1.29, 1.82) is 0 Å². The summed E-state index contributed by atoms with van der Waals surface area (Å²) in [5.41, 5.74) is 0.722. The maximum Gasteiger partial charge on any atom is 0.165 e. The van der Waals surface area contributed by atoms with Crippen LogP contribution in [-0.4, -0.2) is 25.4 Å². The molecule has 0 heterocycles. The average Bonchev–Trinajstić information content (AvgIpc) is 2.35. The van der Waals surface area contributed by atoms with Crippen molar-refractivity contribution in [2.45, 2.75) is 46.8 Å². The second-order valence-electron chi connectivity index (χ2n) is 6.60. The molecule has 1 aromatic rings. The van der Waals surface area contributed by atoms with Gasteiger partial charge in [0.2, 0.25) is 0 Å². The van der Waals surface area contributed by atoms with Crippen LogP contribution in [0, 0.1) is 11.7 Å². The molecule has 0 aliphatic heterocycles. The van der Waals surface area contributed by atoms with Gasteiger partial charge in [-0.2, -0.15) is 0 Å². The van der Waals surface area contributed by atoms with E-state index in [4.69, 9.17) is 9.47 Å². The maximum absolute atomic E-state index is 13.9. The first-order valence-electron chi connectivity index (χ1n) is 7.54. The van der Waals surface area contributed by atoms with Crippen LogP contribution in [-0.2, 0) is 11.3 Å². The Labute approximate surface area is 127 Å². The van der Waals surface area contributed by atoms with E-state index in [-0.39, 0.29) is 17.2 Å². The molecule has 21 heavy (non-hydrogen) atoms. The normalized spacial score (nSPS) is 12.0. The smallest absolute Gasteiger partial charge is 0.165 e. The minimum Gasteiger partial charge on any atom is -0.488 e.